The van der Waals surface area contributed by atoms with Gasteiger partial charge >= 0.3 is 11.9 Å². The standard InChI is InChI=1S/C23H21NO5/c1-4-29-22(25)19-14-18(15-8-6-5-7-9-15)20(23(26)28-3)21(24-19)16-10-12-17(27-2)13-11-16/h5-14H,4H2,1-3H3. The lowest BCUT2D eigenvalue weighted by Gasteiger charge is -2.15. The van der Waals surface area contributed by atoms with E-state index in [1.54, 1.807) is 44.4 Å². The van der Waals surface area contributed by atoms with Crippen molar-refractivity contribution in [2.45, 2.75) is 6.92 Å². The normalized spacial score (nSPS) is 10.3. The van der Waals surface area contributed by atoms with Gasteiger partial charge in [0.15, 0.2) is 0 Å². The first-order valence-corrected chi connectivity index (χ1v) is 9.09. The van der Waals surface area contributed by atoms with Crippen molar-refractivity contribution >= 4 is 11.9 Å². The minimum atomic E-state index is -0.559. The van der Waals surface area contributed by atoms with Crippen molar-refractivity contribution < 1.29 is 23.8 Å². The Balaban J connectivity index is 2.31. The van der Waals surface area contributed by atoms with Crippen LogP contribution in [0.3, 0.4) is 0 Å². The van der Waals surface area contributed by atoms with Crippen molar-refractivity contribution in [1.82, 2.24) is 4.98 Å². The molecule has 6 heteroatoms. The number of carbonyl (C=O) groups is 2. The Kier molecular flexibility index (Phi) is 6.24. The van der Waals surface area contributed by atoms with Crippen LogP contribution in [0.15, 0.2) is 60.7 Å². The first-order valence-electron chi connectivity index (χ1n) is 9.09. The number of pyridine rings is 1. The van der Waals surface area contributed by atoms with E-state index in [9.17, 15) is 9.59 Å². The molecule has 0 saturated carbocycles. The Morgan fingerprint density at radius 3 is 2.17 bits per heavy atom. The lowest BCUT2D eigenvalue weighted by molar-refractivity contribution is 0.0517. The molecule has 0 radical (unpaired) electrons. The fourth-order valence-corrected chi connectivity index (χ4v) is 2.97. The van der Waals surface area contributed by atoms with Crippen molar-refractivity contribution in [1.29, 1.82) is 0 Å². The summed E-state index contributed by atoms with van der Waals surface area (Å²) in [6.07, 6.45) is 0. The number of ether oxygens (including phenoxy) is 3. The second-order valence-corrected chi connectivity index (χ2v) is 6.09. The highest BCUT2D eigenvalue weighted by Gasteiger charge is 2.24. The van der Waals surface area contributed by atoms with Crippen molar-refractivity contribution in [3.63, 3.8) is 0 Å². The summed E-state index contributed by atoms with van der Waals surface area (Å²) in [5, 5.41) is 0. The number of carbonyl (C=O) groups excluding carboxylic acids is 2. The van der Waals surface area contributed by atoms with Crippen LogP contribution in [-0.4, -0.2) is 37.7 Å². The van der Waals surface area contributed by atoms with Crippen molar-refractivity contribution in [2.24, 2.45) is 0 Å². The first kappa shape index (κ1) is 20.1. The zero-order valence-corrected chi connectivity index (χ0v) is 16.5. The average molecular weight is 391 g/mol. The number of aromatic nitrogens is 1. The molecule has 0 aliphatic heterocycles. The predicted octanol–water partition coefficient (Wildman–Crippen LogP) is 4.39. The summed E-state index contributed by atoms with van der Waals surface area (Å²) in [7, 11) is 2.89. The number of benzene rings is 2. The molecule has 1 heterocycles. The zero-order chi connectivity index (χ0) is 20.8. The van der Waals surface area contributed by atoms with Gasteiger partial charge in [0.05, 0.1) is 32.1 Å². The van der Waals surface area contributed by atoms with Gasteiger partial charge in [-0.1, -0.05) is 30.3 Å². The molecule has 0 atom stereocenters. The van der Waals surface area contributed by atoms with E-state index < -0.39 is 11.9 Å². The molecule has 0 spiro atoms. The maximum Gasteiger partial charge on any atom is 0.356 e. The van der Waals surface area contributed by atoms with Gasteiger partial charge in [0.2, 0.25) is 0 Å². The highest BCUT2D eigenvalue weighted by atomic mass is 16.5. The third-order valence-corrected chi connectivity index (χ3v) is 4.34. The molecule has 3 rings (SSSR count). The summed E-state index contributed by atoms with van der Waals surface area (Å²) < 4.78 is 15.4. The number of methoxy groups -OCH3 is 2. The number of hydrogen-bond acceptors (Lipinski definition) is 6. The Hall–Kier alpha value is -3.67. The van der Waals surface area contributed by atoms with E-state index in [0.29, 0.717) is 22.6 Å². The van der Waals surface area contributed by atoms with Crippen LogP contribution in [0.5, 0.6) is 5.75 Å². The molecule has 0 unspecified atom stereocenters. The van der Waals surface area contributed by atoms with Crippen molar-refractivity contribution in [3.8, 4) is 28.1 Å². The van der Waals surface area contributed by atoms with Gasteiger partial charge in [-0.2, -0.15) is 0 Å². The molecule has 0 amide bonds. The lowest BCUT2D eigenvalue weighted by Crippen LogP contribution is -2.13. The highest BCUT2D eigenvalue weighted by Crippen LogP contribution is 2.33. The summed E-state index contributed by atoms with van der Waals surface area (Å²) in [6, 6.07) is 17.9. The molecular formula is C23H21NO5. The summed E-state index contributed by atoms with van der Waals surface area (Å²) >= 11 is 0. The van der Waals surface area contributed by atoms with Crippen LogP contribution in [0.4, 0.5) is 0 Å². The number of nitrogens with zero attached hydrogens (tertiary/aromatic N) is 1. The molecule has 0 fully saturated rings. The van der Waals surface area contributed by atoms with E-state index in [1.165, 1.54) is 7.11 Å². The second-order valence-electron chi connectivity index (χ2n) is 6.09. The van der Waals surface area contributed by atoms with Crippen molar-refractivity contribution in [2.75, 3.05) is 20.8 Å². The molecular weight excluding hydrogens is 370 g/mol. The van der Waals surface area contributed by atoms with Crippen LogP contribution in [0, 0.1) is 0 Å². The smallest absolute Gasteiger partial charge is 0.356 e. The fraction of sp³-hybridized carbons (Fsp3) is 0.174. The van der Waals surface area contributed by atoms with E-state index in [0.717, 1.165) is 5.56 Å². The van der Waals surface area contributed by atoms with Crippen LogP contribution in [0.25, 0.3) is 22.4 Å². The van der Waals surface area contributed by atoms with Gasteiger partial charge in [-0.3, -0.25) is 0 Å². The van der Waals surface area contributed by atoms with Gasteiger partial charge in [0.25, 0.3) is 0 Å². The third kappa shape index (κ3) is 4.27. The zero-order valence-electron chi connectivity index (χ0n) is 16.5. The van der Waals surface area contributed by atoms with Crippen LogP contribution in [0.1, 0.15) is 27.8 Å². The van der Waals surface area contributed by atoms with Gasteiger partial charge in [-0.15, -0.1) is 0 Å². The van der Waals surface area contributed by atoms with Crippen LogP contribution in [-0.2, 0) is 9.47 Å². The minimum Gasteiger partial charge on any atom is -0.497 e. The van der Waals surface area contributed by atoms with E-state index in [2.05, 4.69) is 4.98 Å². The Labute approximate surface area is 169 Å². The Morgan fingerprint density at radius 1 is 0.897 bits per heavy atom. The molecule has 148 valence electrons. The first-order chi connectivity index (χ1) is 14.1. The van der Waals surface area contributed by atoms with Crippen molar-refractivity contribution in [3.05, 3.63) is 71.9 Å². The van der Waals surface area contributed by atoms with E-state index in [4.69, 9.17) is 14.2 Å². The summed E-state index contributed by atoms with van der Waals surface area (Å²) in [4.78, 5) is 29.6. The molecule has 6 nitrogen and oxygen atoms in total. The minimum absolute atomic E-state index is 0.115. The molecule has 29 heavy (non-hydrogen) atoms. The molecule has 3 aromatic rings. The molecule has 0 aliphatic carbocycles. The maximum atomic E-state index is 12.7. The molecule has 2 aromatic carbocycles. The largest absolute Gasteiger partial charge is 0.497 e. The summed E-state index contributed by atoms with van der Waals surface area (Å²) in [5.41, 5.74) is 2.68. The van der Waals surface area contributed by atoms with Gasteiger partial charge in [-0.25, -0.2) is 14.6 Å². The van der Waals surface area contributed by atoms with E-state index >= 15 is 0 Å². The number of rotatable bonds is 6. The highest BCUT2D eigenvalue weighted by molar-refractivity contribution is 6.04. The third-order valence-electron chi connectivity index (χ3n) is 4.34. The van der Waals surface area contributed by atoms with Crippen LogP contribution >= 0.6 is 0 Å². The maximum absolute atomic E-state index is 12.7. The van der Waals surface area contributed by atoms with Crippen LogP contribution in [0.2, 0.25) is 0 Å². The quantitative estimate of drug-likeness (QED) is 0.580. The lowest BCUT2D eigenvalue weighted by atomic mass is 9.95. The summed E-state index contributed by atoms with van der Waals surface area (Å²) in [5.74, 6) is -0.438. The molecule has 1 aromatic heterocycles. The summed E-state index contributed by atoms with van der Waals surface area (Å²) in [6.45, 7) is 1.95. The van der Waals surface area contributed by atoms with E-state index in [1.807, 2.05) is 30.3 Å². The number of esters is 2. The van der Waals surface area contributed by atoms with Gasteiger partial charge in [-0.05, 0) is 42.8 Å². The second kappa shape index (κ2) is 9.01. The van der Waals surface area contributed by atoms with Gasteiger partial charge < -0.3 is 14.2 Å². The topological polar surface area (TPSA) is 74.7 Å². The number of hydrogen-bond donors (Lipinski definition) is 0. The Bertz CT molecular complexity index is 1010. The molecule has 0 N–H and O–H groups in total. The predicted molar refractivity (Wildman–Crippen MR) is 109 cm³/mol. The van der Waals surface area contributed by atoms with Gasteiger partial charge in [0, 0.05) is 11.1 Å². The van der Waals surface area contributed by atoms with Gasteiger partial charge in [0.1, 0.15) is 11.4 Å². The molecule has 0 saturated heterocycles. The molecule has 0 bridgehead atoms. The Morgan fingerprint density at radius 2 is 1.59 bits per heavy atom. The SMILES string of the molecule is CCOC(=O)c1cc(-c2ccccc2)c(C(=O)OC)c(-c2ccc(OC)cc2)n1. The molecule has 0 aliphatic rings. The monoisotopic (exact) mass is 391 g/mol. The van der Waals surface area contributed by atoms with Crippen LogP contribution < -0.4 is 4.74 Å². The fourth-order valence-electron chi connectivity index (χ4n) is 2.97. The average Bonchev–Trinajstić information content (AvgIpc) is 2.78. The van der Waals surface area contributed by atoms with E-state index in [-0.39, 0.29) is 17.9 Å².